The minimum Gasteiger partial charge on any atom is -0.409 e. The molecule has 0 radical (unpaired) electrons. The smallest absolute Gasteiger partial charge is 0.231 e. The Morgan fingerprint density at radius 3 is 2.74 bits per heavy atom. The van der Waals surface area contributed by atoms with Gasteiger partial charge in [-0.3, -0.25) is 4.79 Å². The molecule has 6 heteroatoms. The van der Waals surface area contributed by atoms with Gasteiger partial charge in [0.2, 0.25) is 5.91 Å². The summed E-state index contributed by atoms with van der Waals surface area (Å²) in [7, 11) is 0. The zero-order chi connectivity index (χ0) is 14.4. The molecule has 0 bridgehead atoms. The van der Waals surface area contributed by atoms with Crippen molar-refractivity contribution in [2.45, 2.75) is 51.3 Å². The van der Waals surface area contributed by atoms with Crippen molar-refractivity contribution in [3.63, 3.8) is 0 Å². The number of amidine groups is 1. The molecule has 3 atom stereocenters. The molecule has 1 fully saturated rings. The van der Waals surface area contributed by atoms with Gasteiger partial charge in [0, 0.05) is 11.3 Å². The van der Waals surface area contributed by atoms with Gasteiger partial charge >= 0.3 is 0 Å². The van der Waals surface area contributed by atoms with Gasteiger partial charge in [-0.1, -0.05) is 25.9 Å². The van der Waals surface area contributed by atoms with E-state index in [1.54, 1.807) is 0 Å². The van der Waals surface area contributed by atoms with E-state index in [4.69, 9.17) is 10.9 Å². The van der Waals surface area contributed by atoms with Crippen molar-refractivity contribution in [2.24, 2.45) is 22.7 Å². The fourth-order valence-electron chi connectivity index (χ4n) is 2.59. The molecule has 3 unspecified atom stereocenters. The maximum Gasteiger partial charge on any atom is 0.231 e. The van der Waals surface area contributed by atoms with E-state index in [0.717, 1.165) is 25.0 Å². The maximum absolute atomic E-state index is 12.2. The van der Waals surface area contributed by atoms with E-state index >= 15 is 0 Å². The first-order valence-electron chi connectivity index (χ1n) is 6.88. The Labute approximate surface area is 119 Å². The van der Waals surface area contributed by atoms with Crippen molar-refractivity contribution in [3.05, 3.63) is 0 Å². The number of oxime groups is 1. The van der Waals surface area contributed by atoms with E-state index < -0.39 is 5.92 Å². The zero-order valence-electron chi connectivity index (χ0n) is 11.9. The number of nitrogens with two attached hydrogens (primary N) is 1. The average molecular weight is 287 g/mol. The van der Waals surface area contributed by atoms with Gasteiger partial charge < -0.3 is 16.3 Å². The third-order valence-electron chi connectivity index (χ3n) is 3.52. The molecule has 0 aromatic rings. The molecule has 0 aromatic carbocycles. The lowest BCUT2D eigenvalue weighted by Gasteiger charge is -2.21. The topological polar surface area (TPSA) is 87.7 Å². The van der Waals surface area contributed by atoms with Crippen LogP contribution in [-0.4, -0.2) is 34.0 Å². The SMILES string of the molecule is CCSC1CCC(NC(=O)C(C(N)=NO)C(C)C)C1. The fourth-order valence-corrected chi connectivity index (χ4v) is 3.73. The van der Waals surface area contributed by atoms with Gasteiger partial charge in [-0.25, -0.2) is 0 Å². The lowest BCUT2D eigenvalue weighted by Crippen LogP contribution is -2.45. The lowest BCUT2D eigenvalue weighted by molar-refractivity contribution is -0.124. The highest BCUT2D eigenvalue weighted by Crippen LogP contribution is 2.30. The molecular formula is C13H25N3O2S. The van der Waals surface area contributed by atoms with E-state index in [2.05, 4.69) is 17.4 Å². The molecule has 19 heavy (non-hydrogen) atoms. The number of amides is 1. The molecule has 1 aliphatic carbocycles. The van der Waals surface area contributed by atoms with Crippen molar-refractivity contribution < 1.29 is 10.0 Å². The Kier molecular flexibility index (Phi) is 6.48. The van der Waals surface area contributed by atoms with Crippen LogP contribution in [0.2, 0.25) is 0 Å². The molecular weight excluding hydrogens is 262 g/mol. The van der Waals surface area contributed by atoms with E-state index in [1.807, 2.05) is 25.6 Å². The maximum atomic E-state index is 12.2. The quantitative estimate of drug-likeness (QED) is 0.301. The van der Waals surface area contributed by atoms with Crippen molar-refractivity contribution in [1.29, 1.82) is 0 Å². The van der Waals surface area contributed by atoms with Crippen LogP contribution in [0.4, 0.5) is 0 Å². The van der Waals surface area contributed by atoms with E-state index in [-0.39, 0.29) is 23.7 Å². The first kappa shape index (κ1) is 16.1. The van der Waals surface area contributed by atoms with E-state index in [0.29, 0.717) is 5.25 Å². The van der Waals surface area contributed by atoms with Crippen LogP contribution in [0, 0.1) is 11.8 Å². The number of thioether (sulfide) groups is 1. The third kappa shape index (κ3) is 4.60. The highest BCUT2D eigenvalue weighted by Gasteiger charge is 2.31. The number of nitrogens with one attached hydrogen (secondary N) is 1. The first-order valence-corrected chi connectivity index (χ1v) is 7.93. The Morgan fingerprint density at radius 2 is 2.21 bits per heavy atom. The van der Waals surface area contributed by atoms with E-state index in [9.17, 15) is 4.79 Å². The molecule has 0 heterocycles. The van der Waals surface area contributed by atoms with Gasteiger partial charge in [-0.15, -0.1) is 0 Å². The summed E-state index contributed by atoms with van der Waals surface area (Å²) >= 11 is 1.96. The molecule has 1 rings (SSSR count). The largest absolute Gasteiger partial charge is 0.409 e. The van der Waals surface area contributed by atoms with Crippen molar-refractivity contribution >= 4 is 23.5 Å². The molecule has 0 spiro atoms. The summed E-state index contributed by atoms with van der Waals surface area (Å²) in [4.78, 5) is 12.2. The van der Waals surface area contributed by atoms with Crippen LogP contribution in [0.1, 0.15) is 40.0 Å². The number of carbonyl (C=O) groups excluding carboxylic acids is 1. The number of carbonyl (C=O) groups is 1. The minimum absolute atomic E-state index is 0.00928. The summed E-state index contributed by atoms with van der Waals surface area (Å²) in [5.74, 6) is 0.438. The Balaban J connectivity index is 2.54. The van der Waals surface area contributed by atoms with Crippen molar-refractivity contribution in [3.8, 4) is 0 Å². The summed E-state index contributed by atoms with van der Waals surface area (Å²) in [5, 5.41) is 15.4. The number of nitrogens with zero attached hydrogens (tertiary/aromatic N) is 1. The van der Waals surface area contributed by atoms with Crippen LogP contribution in [-0.2, 0) is 4.79 Å². The van der Waals surface area contributed by atoms with Gasteiger partial charge in [0.15, 0.2) is 5.84 Å². The monoisotopic (exact) mass is 287 g/mol. The van der Waals surface area contributed by atoms with Gasteiger partial charge in [0.1, 0.15) is 5.92 Å². The van der Waals surface area contributed by atoms with Crippen LogP contribution in [0.25, 0.3) is 0 Å². The van der Waals surface area contributed by atoms with Crippen molar-refractivity contribution in [1.82, 2.24) is 5.32 Å². The second-order valence-corrected chi connectivity index (χ2v) is 6.92. The zero-order valence-corrected chi connectivity index (χ0v) is 12.7. The first-order chi connectivity index (χ1) is 8.99. The molecule has 0 aromatic heterocycles. The second-order valence-electron chi connectivity index (χ2n) is 5.34. The predicted octanol–water partition coefficient (Wildman–Crippen LogP) is 1.80. The van der Waals surface area contributed by atoms with E-state index in [1.165, 1.54) is 0 Å². The normalized spacial score (nSPS) is 25.6. The molecule has 1 saturated carbocycles. The summed E-state index contributed by atoms with van der Waals surface area (Å²) in [5.41, 5.74) is 5.60. The average Bonchev–Trinajstić information content (AvgIpc) is 2.76. The van der Waals surface area contributed by atoms with Gasteiger partial charge in [0.25, 0.3) is 0 Å². The molecule has 5 nitrogen and oxygen atoms in total. The number of rotatable bonds is 6. The molecule has 1 amide bonds. The summed E-state index contributed by atoms with van der Waals surface area (Å²) in [6.45, 7) is 5.95. The third-order valence-corrected chi connectivity index (χ3v) is 4.75. The molecule has 0 saturated heterocycles. The van der Waals surface area contributed by atoms with Gasteiger partial charge in [0.05, 0.1) is 0 Å². The van der Waals surface area contributed by atoms with Gasteiger partial charge in [-0.05, 0) is 30.9 Å². The number of hydrogen-bond donors (Lipinski definition) is 3. The molecule has 1 aliphatic rings. The summed E-state index contributed by atoms with van der Waals surface area (Å²) < 4.78 is 0. The standard InChI is InChI=1S/C13H25N3O2S/c1-4-19-10-6-5-9(7-10)15-13(17)11(8(2)3)12(14)16-18/h8-11,18H,4-7H2,1-3H3,(H2,14,16)(H,15,17). The Hall–Kier alpha value is -0.910. The Bertz CT molecular complexity index is 334. The lowest BCUT2D eigenvalue weighted by atomic mass is 9.93. The fraction of sp³-hybridized carbons (Fsp3) is 0.846. The highest BCUT2D eigenvalue weighted by atomic mass is 32.2. The van der Waals surface area contributed by atoms with Crippen molar-refractivity contribution in [2.75, 3.05) is 5.75 Å². The molecule has 0 aliphatic heterocycles. The summed E-state index contributed by atoms with van der Waals surface area (Å²) in [6, 6.07) is 0.226. The van der Waals surface area contributed by atoms with Crippen LogP contribution in [0.15, 0.2) is 5.16 Å². The van der Waals surface area contributed by atoms with Crippen LogP contribution in [0.3, 0.4) is 0 Å². The van der Waals surface area contributed by atoms with Crippen LogP contribution in [0.5, 0.6) is 0 Å². The van der Waals surface area contributed by atoms with Crippen LogP contribution < -0.4 is 11.1 Å². The highest BCUT2D eigenvalue weighted by molar-refractivity contribution is 7.99. The van der Waals surface area contributed by atoms with Crippen LogP contribution >= 0.6 is 11.8 Å². The molecule has 110 valence electrons. The predicted molar refractivity (Wildman–Crippen MR) is 79.4 cm³/mol. The second kappa shape index (κ2) is 7.62. The molecule has 4 N–H and O–H groups in total. The Morgan fingerprint density at radius 1 is 1.53 bits per heavy atom. The number of hydrogen-bond acceptors (Lipinski definition) is 4. The minimum atomic E-state index is -0.553. The summed E-state index contributed by atoms with van der Waals surface area (Å²) in [6.07, 6.45) is 3.19. The van der Waals surface area contributed by atoms with Gasteiger partial charge in [-0.2, -0.15) is 11.8 Å².